The number of pyridine rings is 1. The van der Waals surface area contributed by atoms with E-state index in [-0.39, 0.29) is 11.6 Å². The zero-order valence-electron chi connectivity index (χ0n) is 10.6. The lowest BCUT2D eigenvalue weighted by Gasteiger charge is -2.11. The van der Waals surface area contributed by atoms with Gasteiger partial charge in [-0.15, -0.1) is 0 Å². The molecule has 0 fully saturated rings. The van der Waals surface area contributed by atoms with Crippen LogP contribution in [0.2, 0.25) is 0 Å². The molecule has 0 N–H and O–H groups in total. The van der Waals surface area contributed by atoms with E-state index in [1.165, 1.54) is 18.2 Å². The number of nitrogens with zero attached hydrogens (tertiary/aromatic N) is 1. The van der Waals surface area contributed by atoms with E-state index in [4.69, 9.17) is 0 Å². The Morgan fingerprint density at radius 2 is 1.40 bits per heavy atom. The Kier molecular flexibility index (Phi) is 3.25. The Morgan fingerprint density at radius 1 is 0.700 bits per heavy atom. The first kappa shape index (κ1) is 12.5. The quantitative estimate of drug-likeness (QED) is 0.656. The van der Waals surface area contributed by atoms with Crippen molar-refractivity contribution in [1.82, 2.24) is 4.98 Å². The number of halogens is 2. The number of rotatable bonds is 2. The summed E-state index contributed by atoms with van der Waals surface area (Å²) in [5.74, 6) is -0.665. The van der Waals surface area contributed by atoms with Gasteiger partial charge in [-0.1, -0.05) is 24.3 Å². The number of hydrogen-bond acceptors (Lipinski definition) is 1. The average Bonchev–Trinajstić information content (AvgIpc) is 2.49. The third-order valence-corrected chi connectivity index (χ3v) is 3.14. The summed E-state index contributed by atoms with van der Waals surface area (Å²) in [6, 6.07) is 14.4. The molecule has 0 aliphatic rings. The van der Waals surface area contributed by atoms with Crippen LogP contribution in [0, 0.1) is 11.6 Å². The molecule has 0 unspecified atom stereocenters. The normalized spacial score (nSPS) is 10.5. The second-order valence-electron chi connectivity index (χ2n) is 4.41. The standard InChI is InChI=1S/C17H11F2N/c18-14-6-4-13(5-7-14)17-15(2-1-3-16(17)19)12-8-10-20-11-9-12/h1-11H. The largest absolute Gasteiger partial charge is 0.265 e. The summed E-state index contributed by atoms with van der Waals surface area (Å²) < 4.78 is 27.2. The lowest BCUT2D eigenvalue weighted by atomic mass is 9.94. The Hall–Kier alpha value is -2.55. The molecule has 0 saturated heterocycles. The van der Waals surface area contributed by atoms with Crippen molar-refractivity contribution >= 4 is 0 Å². The van der Waals surface area contributed by atoms with E-state index in [0.29, 0.717) is 11.1 Å². The average molecular weight is 267 g/mol. The summed E-state index contributed by atoms with van der Waals surface area (Å²) in [6.45, 7) is 0. The molecule has 0 aliphatic carbocycles. The van der Waals surface area contributed by atoms with E-state index in [0.717, 1.165) is 11.1 Å². The smallest absolute Gasteiger partial charge is 0.131 e. The van der Waals surface area contributed by atoms with Crippen molar-refractivity contribution in [2.45, 2.75) is 0 Å². The van der Waals surface area contributed by atoms with Crippen LogP contribution in [-0.4, -0.2) is 4.98 Å². The lowest BCUT2D eigenvalue weighted by Crippen LogP contribution is -1.90. The molecular weight excluding hydrogens is 256 g/mol. The second-order valence-corrected chi connectivity index (χ2v) is 4.41. The van der Waals surface area contributed by atoms with Gasteiger partial charge in [-0.25, -0.2) is 8.78 Å². The highest BCUT2D eigenvalue weighted by Gasteiger charge is 2.12. The van der Waals surface area contributed by atoms with Gasteiger partial charge in [0.15, 0.2) is 0 Å². The van der Waals surface area contributed by atoms with Gasteiger partial charge < -0.3 is 0 Å². The van der Waals surface area contributed by atoms with Gasteiger partial charge in [0.05, 0.1) is 0 Å². The molecule has 0 atom stereocenters. The molecule has 3 aromatic rings. The van der Waals surface area contributed by atoms with E-state index in [9.17, 15) is 8.78 Å². The number of hydrogen-bond donors (Lipinski definition) is 0. The molecule has 1 aromatic heterocycles. The Morgan fingerprint density at radius 3 is 2.10 bits per heavy atom. The molecule has 1 heterocycles. The molecule has 3 rings (SSSR count). The van der Waals surface area contributed by atoms with Crippen molar-refractivity contribution < 1.29 is 8.78 Å². The highest BCUT2D eigenvalue weighted by atomic mass is 19.1. The van der Waals surface area contributed by atoms with Gasteiger partial charge >= 0.3 is 0 Å². The molecule has 20 heavy (non-hydrogen) atoms. The number of benzene rings is 2. The maximum Gasteiger partial charge on any atom is 0.131 e. The highest BCUT2D eigenvalue weighted by Crippen LogP contribution is 2.33. The van der Waals surface area contributed by atoms with Crippen molar-refractivity contribution in [2.24, 2.45) is 0 Å². The van der Waals surface area contributed by atoms with Crippen molar-refractivity contribution in [3.8, 4) is 22.3 Å². The minimum atomic E-state index is -0.337. The van der Waals surface area contributed by atoms with Crippen LogP contribution in [0.3, 0.4) is 0 Å². The minimum Gasteiger partial charge on any atom is -0.265 e. The molecule has 3 heteroatoms. The summed E-state index contributed by atoms with van der Waals surface area (Å²) in [5, 5.41) is 0. The van der Waals surface area contributed by atoms with Crippen molar-refractivity contribution in [2.75, 3.05) is 0 Å². The highest BCUT2D eigenvalue weighted by molar-refractivity contribution is 5.83. The van der Waals surface area contributed by atoms with Crippen LogP contribution in [0.4, 0.5) is 8.78 Å². The summed E-state index contributed by atoms with van der Waals surface area (Å²) in [7, 11) is 0. The first-order valence-corrected chi connectivity index (χ1v) is 6.20. The predicted molar refractivity (Wildman–Crippen MR) is 75.0 cm³/mol. The van der Waals surface area contributed by atoms with Gasteiger partial charge in [-0.2, -0.15) is 0 Å². The van der Waals surface area contributed by atoms with Crippen LogP contribution >= 0.6 is 0 Å². The van der Waals surface area contributed by atoms with Gasteiger partial charge in [0.1, 0.15) is 11.6 Å². The summed E-state index contributed by atoms with van der Waals surface area (Å²) in [6.07, 6.45) is 3.32. The first-order valence-electron chi connectivity index (χ1n) is 6.20. The predicted octanol–water partition coefficient (Wildman–Crippen LogP) is 4.69. The van der Waals surface area contributed by atoms with Crippen LogP contribution in [0.5, 0.6) is 0 Å². The van der Waals surface area contributed by atoms with Crippen LogP contribution in [0.1, 0.15) is 0 Å². The molecule has 0 bridgehead atoms. The molecule has 0 aliphatic heterocycles. The fourth-order valence-corrected chi connectivity index (χ4v) is 2.21. The summed E-state index contributed by atoms with van der Waals surface area (Å²) >= 11 is 0. The fraction of sp³-hybridized carbons (Fsp3) is 0. The Balaban J connectivity index is 2.22. The SMILES string of the molecule is Fc1ccc(-c2c(F)cccc2-c2ccncc2)cc1. The van der Waals surface area contributed by atoms with Gasteiger partial charge in [0.2, 0.25) is 0 Å². The molecule has 98 valence electrons. The lowest BCUT2D eigenvalue weighted by molar-refractivity contribution is 0.626. The zero-order valence-corrected chi connectivity index (χ0v) is 10.6. The second kappa shape index (κ2) is 5.21. The monoisotopic (exact) mass is 267 g/mol. The first-order chi connectivity index (χ1) is 9.75. The molecule has 2 aromatic carbocycles. The zero-order chi connectivity index (χ0) is 13.9. The Labute approximate surface area is 115 Å². The summed E-state index contributed by atoms with van der Waals surface area (Å²) in [5.41, 5.74) is 2.76. The number of aromatic nitrogens is 1. The Bertz CT molecular complexity index is 722. The van der Waals surface area contributed by atoms with Crippen molar-refractivity contribution in [1.29, 1.82) is 0 Å². The van der Waals surface area contributed by atoms with E-state index in [1.54, 1.807) is 30.6 Å². The molecule has 0 saturated carbocycles. The van der Waals surface area contributed by atoms with Crippen LogP contribution < -0.4 is 0 Å². The van der Waals surface area contributed by atoms with E-state index < -0.39 is 0 Å². The molecule has 0 radical (unpaired) electrons. The van der Waals surface area contributed by atoms with Crippen LogP contribution in [0.25, 0.3) is 22.3 Å². The third-order valence-electron chi connectivity index (χ3n) is 3.14. The fourth-order valence-electron chi connectivity index (χ4n) is 2.21. The maximum absolute atomic E-state index is 14.2. The van der Waals surface area contributed by atoms with Gasteiger partial charge in [0, 0.05) is 18.0 Å². The minimum absolute atomic E-state index is 0.328. The molecule has 0 amide bonds. The molecular formula is C17H11F2N. The topological polar surface area (TPSA) is 12.9 Å². The maximum atomic E-state index is 14.2. The third kappa shape index (κ3) is 2.30. The van der Waals surface area contributed by atoms with Crippen LogP contribution in [-0.2, 0) is 0 Å². The molecule has 0 spiro atoms. The van der Waals surface area contributed by atoms with Gasteiger partial charge in [-0.3, -0.25) is 4.98 Å². The summed E-state index contributed by atoms with van der Waals surface area (Å²) in [4.78, 5) is 3.96. The van der Waals surface area contributed by atoms with E-state index >= 15 is 0 Å². The van der Waals surface area contributed by atoms with Crippen molar-refractivity contribution in [3.63, 3.8) is 0 Å². The molecule has 1 nitrogen and oxygen atoms in total. The van der Waals surface area contributed by atoms with Crippen LogP contribution in [0.15, 0.2) is 67.0 Å². The van der Waals surface area contributed by atoms with E-state index in [2.05, 4.69) is 4.98 Å². The van der Waals surface area contributed by atoms with Gasteiger partial charge in [-0.05, 0) is 47.0 Å². The van der Waals surface area contributed by atoms with Gasteiger partial charge in [0.25, 0.3) is 0 Å². The van der Waals surface area contributed by atoms with E-state index in [1.807, 2.05) is 18.2 Å². The van der Waals surface area contributed by atoms with Crippen molar-refractivity contribution in [3.05, 3.63) is 78.6 Å².